The van der Waals surface area contributed by atoms with E-state index >= 15 is 0 Å². The summed E-state index contributed by atoms with van der Waals surface area (Å²) in [7, 11) is 0. The molecule has 0 spiro atoms. The lowest BCUT2D eigenvalue weighted by Crippen LogP contribution is -2.39. The number of aryl methyl sites for hydroxylation is 1. The number of ether oxygens (including phenoxy) is 1. The van der Waals surface area contributed by atoms with Crippen molar-refractivity contribution in [2.45, 2.75) is 31.1 Å². The van der Waals surface area contributed by atoms with Crippen LogP contribution in [0.3, 0.4) is 0 Å². The van der Waals surface area contributed by atoms with Crippen molar-refractivity contribution in [3.05, 3.63) is 53.1 Å². The number of nitrogens with zero attached hydrogens (tertiary/aromatic N) is 3. The van der Waals surface area contributed by atoms with Crippen molar-refractivity contribution in [2.24, 2.45) is 0 Å². The molecule has 0 atom stereocenters. The third-order valence-electron chi connectivity index (χ3n) is 5.72. The van der Waals surface area contributed by atoms with Crippen molar-refractivity contribution in [1.82, 2.24) is 9.88 Å². The summed E-state index contributed by atoms with van der Waals surface area (Å²) in [5.41, 5.74) is 2.15. The van der Waals surface area contributed by atoms with E-state index in [1.165, 1.54) is 4.90 Å². The molecule has 1 aromatic heterocycles. The van der Waals surface area contributed by atoms with Crippen LogP contribution in [-0.4, -0.2) is 60.9 Å². The summed E-state index contributed by atoms with van der Waals surface area (Å²) in [4.78, 5) is 23.6. The average Bonchev–Trinajstić information content (AvgIpc) is 3.26. The number of carbonyl (C=O) groups excluding carboxylic acids is 1. The average molecular weight is 541 g/mol. The Morgan fingerprint density at radius 3 is 2.68 bits per heavy atom. The van der Waals surface area contributed by atoms with Gasteiger partial charge in [0, 0.05) is 42.5 Å². The highest BCUT2D eigenvalue weighted by molar-refractivity contribution is 7.99. The summed E-state index contributed by atoms with van der Waals surface area (Å²) in [6, 6.07) is 14.1. The molecule has 1 saturated heterocycles. The molecule has 0 saturated carbocycles. The zero-order valence-corrected chi connectivity index (χ0v) is 22.6. The van der Waals surface area contributed by atoms with Crippen LogP contribution in [0, 0.1) is 6.92 Å². The van der Waals surface area contributed by atoms with Gasteiger partial charge < -0.3 is 4.74 Å². The van der Waals surface area contributed by atoms with Gasteiger partial charge in [0.2, 0.25) is 5.91 Å². The van der Waals surface area contributed by atoms with E-state index in [2.05, 4.69) is 30.0 Å². The SMILES string of the molecule is Cc1cccc2sc(N(CCCN3CCOCC3)C(=O)CCCSc3ccc(Cl)cc3)nc12.Cl. The summed E-state index contributed by atoms with van der Waals surface area (Å²) >= 11 is 9.34. The molecule has 1 amide bonds. The Kier molecular flexibility index (Phi) is 10.9. The molecule has 0 bridgehead atoms. The summed E-state index contributed by atoms with van der Waals surface area (Å²) in [6.07, 6.45) is 2.28. The lowest BCUT2D eigenvalue weighted by molar-refractivity contribution is -0.118. The van der Waals surface area contributed by atoms with Gasteiger partial charge in [0.15, 0.2) is 5.13 Å². The molecule has 1 aliphatic heterocycles. The molecule has 0 radical (unpaired) electrons. The lowest BCUT2D eigenvalue weighted by Gasteiger charge is -2.27. The fourth-order valence-electron chi connectivity index (χ4n) is 3.87. The van der Waals surface area contributed by atoms with Crippen molar-refractivity contribution >= 4 is 68.4 Å². The maximum atomic E-state index is 13.3. The summed E-state index contributed by atoms with van der Waals surface area (Å²) < 4.78 is 6.58. The van der Waals surface area contributed by atoms with Crippen LogP contribution in [0.2, 0.25) is 5.02 Å². The molecule has 3 aromatic rings. The molecule has 2 aromatic carbocycles. The van der Waals surface area contributed by atoms with Crippen LogP contribution in [-0.2, 0) is 9.53 Å². The number of fused-ring (bicyclic) bond motifs is 1. The molecule has 2 heterocycles. The quantitative estimate of drug-likeness (QED) is 0.223. The van der Waals surface area contributed by atoms with Gasteiger partial charge in [0.1, 0.15) is 0 Å². The molecule has 0 unspecified atom stereocenters. The Bertz CT molecular complexity index is 1060. The van der Waals surface area contributed by atoms with E-state index in [0.717, 1.165) is 77.4 Å². The van der Waals surface area contributed by atoms with Crippen LogP contribution < -0.4 is 4.90 Å². The third kappa shape index (κ3) is 7.57. The van der Waals surface area contributed by atoms with Crippen molar-refractivity contribution in [1.29, 1.82) is 0 Å². The number of morpholine rings is 1. The smallest absolute Gasteiger partial charge is 0.228 e. The number of halogens is 2. The largest absolute Gasteiger partial charge is 0.379 e. The first kappa shape index (κ1) is 27.2. The molecule has 0 aliphatic carbocycles. The number of benzene rings is 2. The monoisotopic (exact) mass is 539 g/mol. The first-order valence-corrected chi connectivity index (χ1v) is 13.6. The second-order valence-electron chi connectivity index (χ2n) is 8.18. The molecule has 34 heavy (non-hydrogen) atoms. The fraction of sp³-hybridized carbons (Fsp3) is 0.440. The minimum absolute atomic E-state index is 0. The Morgan fingerprint density at radius 2 is 1.94 bits per heavy atom. The summed E-state index contributed by atoms with van der Waals surface area (Å²) in [6.45, 7) is 7.27. The standard InChI is InChI=1S/C25H30ClN3O2S2.ClH/c1-19-5-2-6-22-24(19)27-25(33-22)29(13-4-12-28-14-16-31-17-15-28)23(30)7-3-18-32-21-10-8-20(26)9-11-21;/h2,5-6,8-11H,3-4,7,12-18H2,1H3;1H. The van der Waals surface area contributed by atoms with Crippen LogP contribution >= 0.6 is 47.1 Å². The van der Waals surface area contributed by atoms with E-state index in [-0.39, 0.29) is 18.3 Å². The van der Waals surface area contributed by atoms with E-state index in [4.69, 9.17) is 21.3 Å². The molecular formula is C25H31Cl2N3O2S2. The number of anilines is 1. The molecule has 5 nitrogen and oxygen atoms in total. The molecule has 4 rings (SSSR count). The number of aromatic nitrogens is 1. The summed E-state index contributed by atoms with van der Waals surface area (Å²) in [5.74, 6) is 1.05. The van der Waals surface area contributed by atoms with Crippen LogP contribution in [0.1, 0.15) is 24.8 Å². The number of amides is 1. The van der Waals surface area contributed by atoms with Crippen LogP contribution in [0.15, 0.2) is 47.4 Å². The van der Waals surface area contributed by atoms with Gasteiger partial charge in [-0.2, -0.15) is 0 Å². The van der Waals surface area contributed by atoms with Crippen LogP contribution in [0.4, 0.5) is 5.13 Å². The first-order valence-electron chi connectivity index (χ1n) is 11.4. The van der Waals surface area contributed by atoms with Crippen LogP contribution in [0.5, 0.6) is 0 Å². The number of rotatable bonds is 10. The second kappa shape index (κ2) is 13.7. The van der Waals surface area contributed by atoms with Gasteiger partial charge in [-0.1, -0.05) is 35.1 Å². The topological polar surface area (TPSA) is 45.7 Å². The normalized spacial score (nSPS) is 14.2. The first-order chi connectivity index (χ1) is 16.1. The number of hydrogen-bond donors (Lipinski definition) is 0. The minimum Gasteiger partial charge on any atom is -0.379 e. The Morgan fingerprint density at radius 1 is 1.18 bits per heavy atom. The van der Waals surface area contributed by atoms with E-state index < -0.39 is 0 Å². The third-order valence-corrected chi connectivity index (χ3v) is 8.11. The fourth-order valence-corrected chi connectivity index (χ4v) is 5.94. The molecule has 184 valence electrons. The molecule has 9 heteroatoms. The number of para-hydroxylation sites is 1. The minimum atomic E-state index is 0. The van der Waals surface area contributed by atoms with E-state index in [9.17, 15) is 4.79 Å². The highest BCUT2D eigenvalue weighted by atomic mass is 35.5. The zero-order chi connectivity index (χ0) is 23.0. The molecule has 1 aliphatic rings. The number of thioether (sulfide) groups is 1. The molecule has 0 N–H and O–H groups in total. The molecular weight excluding hydrogens is 509 g/mol. The van der Waals surface area contributed by atoms with Crippen molar-refractivity contribution in [2.75, 3.05) is 50.0 Å². The van der Waals surface area contributed by atoms with Crippen LogP contribution in [0.25, 0.3) is 10.2 Å². The maximum Gasteiger partial charge on any atom is 0.228 e. The highest BCUT2D eigenvalue weighted by Gasteiger charge is 2.20. The predicted octanol–water partition coefficient (Wildman–Crippen LogP) is 6.31. The maximum absolute atomic E-state index is 13.3. The van der Waals surface area contributed by atoms with Gasteiger partial charge in [-0.3, -0.25) is 14.6 Å². The van der Waals surface area contributed by atoms with Gasteiger partial charge in [0.25, 0.3) is 0 Å². The Balaban J connectivity index is 0.00000324. The van der Waals surface area contributed by atoms with Gasteiger partial charge >= 0.3 is 0 Å². The van der Waals surface area contributed by atoms with E-state index in [1.807, 2.05) is 29.2 Å². The zero-order valence-electron chi connectivity index (χ0n) is 19.4. The van der Waals surface area contributed by atoms with Gasteiger partial charge in [-0.15, -0.1) is 24.2 Å². The van der Waals surface area contributed by atoms with Crippen molar-refractivity contribution in [3.63, 3.8) is 0 Å². The predicted molar refractivity (Wildman–Crippen MR) is 147 cm³/mol. The van der Waals surface area contributed by atoms with Gasteiger partial charge in [-0.25, -0.2) is 4.98 Å². The van der Waals surface area contributed by atoms with E-state index in [0.29, 0.717) is 13.0 Å². The lowest BCUT2D eigenvalue weighted by atomic mass is 10.2. The second-order valence-corrected chi connectivity index (χ2v) is 10.8. The Hall–Kier alpha value is -1.35. The Labute approximate surface area is 221 Å². The summed E-state index contributed by atoms with van der Waals surface area (Å²) in [5, 5.41) is 1.56. The number of carbonyl (C=O) groups is 1. The number of thiazole rings is 1. The number of hydrogen-bond acceptors (Lipinski definition) is 6. The van der Waals surface area contributed by atoms with E-state index in [1.54, 1.807) is 23.1 Å². The van der Waals surface area contributed by atoms with Gasteiger partial charge in [-0.05, 0) is 61.4 Å². The van der Waals surface area contributed by atoms with Gasteiger partial charge in [0.05, 0.1) is 23.4 Å². The highest BCUT2D eigenvalue weighted by Crippen LogP contribution is 2.31. The molecule has 1 fully saturated rings. The van der Waals surface area contributed by atoms with Crippen molar-refractivity contribution in [3.8, 4) is 0 Å². The van der Waals surface area contributed by atoms with Crippen molar-refractivity contribution < 1.29 is 9.53 Å².